The van der Waals surface area contributed by atoms with Gasteiger partial charge < -0.3 is 4.57 Å². The van der Waals surface area contributed by atoms with Crippen LogP contribution < -0.4 is 0 Å². The van der Waals surface area contributed by atoms with Gasteiger partial charge >= 0.3 is 0 Å². The van der Waals surface area contributed by atoms with Crippen LogP contribution in [-0.2, 0) is 6.54 Å². The minimum atomic E-state index is -0.406. The summed E-state index contributed by atoms with van der Waals surface area (Å²) in [5, 5.41) is 9.31. The summed E-state index contributed by atoms with van der Waals surface area (Å²) >= 11 is 1.33. The van der Waals surface area contributed by atoms with E-state index in [1.807, 2.05) is 29.7 Å². The summed E-state index contributed by atoms with van der Waals surface area (Å²) in [6.07, 6.45) is 0.933. The molecule has 6 heteroatoms. The molecule has 0 N–H and O–H groups in total. The number of hydrogen-bond acceptors (Lipinski definition) is 4. The molecule has 0 aliphatic heterocycles. The van der Waals surface area contributed by atoms with E-state index in [0.717, 1.165) is 29.9 Å². The normalized spacial score (nSPS) is 10.9. The Morgan fingerprint density at radius 3 is 2.69 bits per heavy atom. The molecule has 0 aliphatic carbocycles. The van der Waals surface area contributed by atoms with E-state index in [2.05, 4.69) is 23.2 Å². The first kappa shape index (κ1) is 18.3. The second kappa shape index (κ2) is 8.27. The fourth-order valence-electron chi connectivity index (χ4n) is 2.69. The quantitative estimate of drug-likeness (QED) is 0.444. The van der Waals surface area contributed by atoms with Crippen molar-refractivity contribution in [2.45, 2.75) is 32.0 Å². The zero-order valence-corrected chi connectivity index (χ0v) is 15.6. The summed E-state index contributed by atoms with van der Waals surface area (Å²) in [5.74, 6) is 0.463. The first-order valence-electron chi connectivity index (χ1n) is 8.50. The second-order valence-corrected chi connectivity index (χ2v) is 6.99. The Hall–Kier alpha value is -2.47. The van der Waals surface area contributed by atoms with Gasteiger partial charge in [-0.1, -0.05) is 54.6 Å². The van der Waals surface area contributed by atoms with Gasteiger partial charge in [0.15, 0.2) is 16.8 Å². The smallest absolute Gasteiger partial charge is 0.191 e. The van der Waals surface area contributed by atoms with Gasteiger partial charge in [0.05, 0.1) is 5.75 Å². The fraction of sp³-hybridized carbons (Fsp3) is 0.250. The highest BCUT2D eigenvalue weighted by atomic mass is 32.2. The molecule has 26 heavy (non-hydrogen) atoms. The number of thioether (sulfide) groups is 1. The van der Waals surface area contributed by atoms with Gasteiger partial charge in [0.25, 0.3) is 0 Å². The molecule has 3 aromatic rings. The Kier molecular flexibility index (Phi) is 5.83. The molecule has 0 atom stereocenters. The largest absolute Gasteiger partial charge is 0.302 e. The van der Waals surface area contributed by atoms with Crippen LogP contribution in [0.4, 0.5) is 4.39 Å². The summed E-state index contributed by atoms with van der Waals surface area (Å²) in [7, 11) is 0. The Labute approximate surface area is 156 Å². The summed E-state index contributed by atoms with van der Waals surface area (Å²) in [4.78, 5) is 12.3. The van der Waals surface area contributed by atoms with E-state index in [0.29, 0.717) is 10.7 Å². The highest BCUT2D eigenvalue weighted by Gasteiger charge is 2.16. The maximum absolute atomic E-state index is 13.3. The van der Waals surface area contributed by atoms with Gasteiger partial charge in [-0.25, -0.2) is 4.39 Å². The number of aryl methyl sites for hydroxylation is 1. The summed E-state index contributed by atoms with van der Waals surface area (Å²) in [6, 6.07) is 13.9. The lowest BCUT2D eigenvalue weighted by Gasteiger charge is -2.09. The molecule has 0 amide bonds. The lowest BCUT2D eigenvalue weighted by molar-refractivity contribution is 0.102. The van der Waals surface area contributed by atoms with Crippen LogP contribution in [0.5, 0.6) is 0 Å². The second-order valence-electron chi connectivity index (χ2n) is 6.05. The average molecular weight is 369 g/mol. The zero-order chi connectivity index (χ0) is 18.5. The first-order chi connectivity index (χ1) is 12.6. The number of aromatic nitrogens is 3. The van der Waals surface area contributed by atoms with Crippen LogP contribution in [0.3, 0.4) is 0 Å². The molecule has 0 aliphatic rings. The summed E-state index contributed by atoms with van der Waals surface area (Å²) in [6.45, 7) is 4.90. The molecule has 3 rings (SSSR count). The van der Waals surface area contributed by atoms with Crippen molar-refractivity contribution < 1.29 is 9.18 Å². The lowest BCUT2D eigenvalue weighted by atomic mass is 10.1. The van der Waals surface area contributed by atoms with Gasteiger partial charge in [-0.05, 0) is 31.5 Å². The van der Waals surface area contributed by atoms with Gasteiger partial charge in [0.2, 0.25) is 0 Å². The Bertz CT molecular complexity index is 923. The number of nitrogens with zero attached hydrogens (tertiary/aromatic N) is 3. The molecule has 0 saturated carbocycles. The predicted molar refractivity (Wildman–Crippen MR) is 102 cm³/mol. The number of hydrogen-bond donors (Lipinski definition) is 0. The van der Waals surface area contributed by atoms with Crippen molar-refractivity contribution in [3.63, 3.8) is 0 Å². The Morgan fingerprint density at radius 2 is 1.96 bits per heavy atom. The molecule has 0 bridgehead atoms. The van der Waals surface area contributed by atoms with Crippen LogP contribution in [0.1, 0.15) is 29.3 Å². The number of ketones is 1. The number of halogens is 1. The van der Waals surface area contributed by atoms with E-state index in [9.17, 15) is 9.18 Å². The number of rotatable bonds is 7. The van der Waals surface area contributed by atoms with Crippen molar-refractivity contribution in [2.24, 2.45) is 0 Å². The molecule has 0 radical (unpaired) electrons. The van der Waals surface area contributed by atoms with E-state index >= 15 is 0 Å². The van der Waals surface area contributed by atoms with E-state index in [1.54, 1.807) is 12.1 Å². The predicted octanol–water partition coefficient (Wildman–Crippen LogP) is 4.78. The van der Waals surface area contributed by atoms with Gasteiger partial charge in [0, 0.05) is 17.7 Å². The van der Waals surface area contributed by atoms with E-state index < -0.39 is 5.82 Å². The molecule has 0 spiro atoms. The molecular formula is C20H20FN3OS. The van der Waals surface area contributed by atoms with Crippen molar-refractivity contribution in [3.05, 3.63) is 65.5 Å². The number of carbonyl (C=O) groups is 1. The third-order valence-electron chi connectivity index (χ3n) is 3.92. The average Bonchev–Trinajstić information content (AvgIpc) is 3.03. The minimum Gasteiger partial charge on any atom is -0.302 e. The molecule has 2 aromatic carbocycles. The van der Waals surface area contributed by atoms with E-state index in [1.165, 1.54) is 23.9 Å². The molecule has 1 heterocycles. The SMILES string of the molecule is CCCn1c(SCC(=O)c2cccc(F)c2)nnc1-c1cccc(C)c1. The van der Waals surface area contributed by atoms with Crippen molar-refractivity contribution in [3.8, 4) is 11.4 Å². The van der Waals surface area contributed by atoms with Gasteiger partial charge in [-0.15, -0.1) is 10.2 Å². The Morgan fingerprint density at radius 1 is 1.15 bits per heavy atom. The first-order valence-corrected chi connectivity index (χ1v) is 9.49. The van der Waals surface area contributed by atoms with Crippen LogP contribution in [0, 0.1) is 12.7 Å². The minimum absolute atomic E-state index is 0.127. The number of benzene rings is 2. The van der Waals surface area contributed by atoms with Crippen LogP contribution in [-0.4, -0.2) is 26.3 Å². The maximum Gasteiger partial charge on any atom is 0.191 e. The van der Waals surface area contributed by atoms with Crippen molar-refractivity contribution in [1.29, 1.82) is 0 Å². The van der Waals surface area contributed by atoms with Crippen molar-refractivity contribution in [2.75, 3.05) is 5.75 Å². The fourth-order valence-corrected chi connectivity index (χ4v) is 3.55. The summed E-state index contributed by atoms with van der Waals surface area (Å²) in [5.41, 5.74) is 2.54. The van der Waals surface area contributed by atoms with Gasteiger partial charge in [0.1, 0.15) is 5.82 Å². The van der Waals surface area contributed by atoms with Crippen molar-refractivity contribution in [1.82, 2.24) is 14.8 Å². The van der Waals surface area contributed by atoms with E-state index in [4.69, 9.17) is 0 Å². The van der Waals surface area contributed by atoms with Crippen LogP contribution in [0.15, 0.2) is 53.7 Å². The molecular weight excluding hydrogens is 349 g/mol. The molecule has 0 unspecified atom stereocenters. The van der Waals surface area contributed by atoms with Gasteiger partial charge in [-0.3, -0.25) is 4.79 Å². The van der Waals surface area contributed by atoms with Crippen molar-refractivity contribution >= 4 is 17.5 Å². The van der Waals surface area contributed by atoms with E-state index in [-0.39, 0.29) is 11.5 Å². The van der Waals surface area contributed by atoms with Crippen LogP contribution in [0.25, 0.3) is 11.4 Å². The standard InChI is InChI=1S/C20H20FN3OS/c1-3-10-24-19(16-8-4-6-14(2)11-16)22-23-20(24)26-13-18(25)15-7-5-9-17(21)12-15/h4-9,11-12H,3,10,13H2,1-2H3. The van der Waals surface area contributed by atoms with Crippen LogP contribution in [0.2, 0.25) is 0 Å². The molecule has 0 saturated heterocycles. The van der Waals surface area contributed by atoms with Crippen LogP contribution >= 0.6 is 11.8 Å². The highest BCUT2D eigenvalue weighted by Crippen LogP contribution is 2.25. The summed E-state index contributed by atoms with van der Waals surface area (Å²) < 4.78 is 15.3. The molecule has 0 fully saturated rings. The molecule has 4 nitrogen and oxygen atoms in total. The monoisotopic (exact) mass is 369 g/mol. The third-order valence-corrected chi connectivity index (χ3v) is 4.89. The topological polar surface area (TPSA) is 47.8 Å². The Balaban J connectivity index is 1.81. The molecule has 134 valence electrons. The van der Waals surface area contributed by atoms with Gasteiger partial charge in [-0.2, -0.15) is 0 Å². The number of Topliss-reactive ketones (excluding diaryl/α,β-unsaturated/α-hetero) is 1. The molecule has 1 aromatic heterocycles. The maximum atomic E-state index is 13.3. The lowest BCUT2D eigenvalue weighted by Crippen LogP contribution is -2.06. The zero-order valence-electron chi connectivity index (χ0n) is 14.8. The third kappa shape index (κ3) is 4.19. The highest BCUT2D eigenvalue weighted by molar-refractivity contribution is 7.99. The number of carbonyl (C=O) groups excluding carboxylic acids is 1.